The Labute approximate surface area is 121 Å². The predicted octanol–water partition coefficient (Wildman–Crippen LogP) is 2.86. The number of carbonyl (C=O) groups is 1. The zero-order valence-electron chi connectivity index (χ0n) is 12.2. The zero-order valence-corrected chi connectivity index (χ0v) is 12.2. The molecule has 1 unspecified atom stereocenters. The molecule has 21 heavy (non-hydrogen) atoms. The van der Waals surface area contributed by atoms with Gasteiger partial charge in [-0.1, -0.05) is 13.8 Å². The zero-order chi connectivity index (χ0) is 16.2. The molecule has 1 aromatic carbocycles. The van der Waals surface area contributed by atoms with E-state index < -0.39 is 17.8 Å². The number of benzene rings is 1. The average molecular weight is 303 g/mol. The van der Waals surface area contributed by atoms with Crippen molar-refractivity contribution >= 4 is 17.3 Å². The number of amides is 1. The first-order valence-electron chi connectivity index (χ1n) is 6.62. The molecular weight excluding hydrogens is 283 g/mol. The molecule has 0 fully saturated rings. The van der Waals surface area contributed by atoms with Crippen molar-refractivity contribution in [2.75, 3.05) is 17.6 Å². The van der Waals surface area contributed by atoms with E-state index in [1.807, 2.05) is 13.8 Å². The minimum absolute atomic E-state index is 0.0183. The van der Waals surface area contributed by atoms with Crippen LogP contribution >= 0.6 is 0 Å². The van der Waals surface area contributed by atoms with E-state index in [4.69, 9.17) is 5.73 Å². The molecule has 118 valence electrons. The molecule has 0 radical (unpaired) electrons. The van der Waals surface area contributed by atoms with Crippen molar-refractivity contribution < 1.29 is 18.0 Å². The minimum Gasteiger partial charge on any atom is -0.399 e. The molecule has 0 aliphatic rings. The largest absolute Gasteiger partial charge is 0.418 e. The Morgan fingerprint density at radius 1 is 1.29 bits per heavy atom. The first-order valence-corrected chi connectivity index (χ1v) is 6.62. The summed E-state index contributed by atoms with van der Waals surface area (Å²) in [6.07, 6.45) is -4.54. The number of rotatable bonds is 5. The highest BCUT2D eigenvalue weighted by molar-refractivity contribution is 5.84. The molecule has 7 heteroatoms. The predicted molar refractivity (Wildman–Crippen MR) is 76.8 cm³/mol. The quantitative estimate of drug-likeness (QED) is 0.733. The summed E-state index contributed by atoms with van der Waals surface area (Å²) in [5.41, 5.74) is 4.36. The van der Waals surface area contributed by atoms with Crippen LogP contribution in [0.4, 0.5) is 24.5 Å². The molecule has 1 atom stereocenters. The summed E-state index contributed by atoms with van der Waals surface area (Å²) in [5, 5.41) is 5.24. The smallest absolute Gasteiger partial charge is 0.399 e. The number of nitrogens with one attached hydrogen (secondary N) is 2. The molecule has 0 bridgehead atoms. The topological polar surface area (TPSA) is 67.2 Å². The third-order valence-electron chi connectivity index (χ3n) is 2.80. The Morgan fingerprint density at radius 2 is 1.90 bits per heavy atom. The monoisotopic (exact) mass is 303 g/mol. The second-order valence-corrected chi connectivity index (χ2v) is 5.31. The van der Waals surface area contributed by atoms with Crippen molar-refractivity contribution in [2.24, 2.45) is 5.92 Å². The van der Waals surface area contributed by atoms with Crippen LogP contribution in [0, 0.1) is 5.92 Å². The minimum atomic E-state index is -4.54. The van der Waals surface area contributed by atoms with Gasteiger partial charge in [0, 0.05) is 17.9 Å². The Morgan fingerprint density at radius 3 is 2.43 bits per heavy atom. The second-order valence-electron chi connectivity index (χ2n) is 5.31. The first kappa shape index (κ1) is 17.1. The molecule has 0 spiro atoms. The second kappa shape index (κ2) is 6.69. The first-order chi connectivity index (χ1) is 9.61. The van der Waals surface area contributed by atoms with E-state index in [0.29, 0.717) is 6.54 Å². The molecular formula is C14H20F3N3O. The van der Waals surface area contributed by atoms with Crippen LogP contribution in [0.15, 0.2) is 18.2 Å². The molecule has 0 heterocycles. The van der Waals surface area contributed by atoms with E-state index in [1.54, 1.807) is 0 Å². The maximum atomic E-state index is 12.9. The summed E-state index contributed by atoms with van der Waals surface area (Å²) >= 11 is 0. The van der Waals surface area contributed by atoms with E-state index in [-0.39, 0.29) is 23.2 Å². The highest BCUT2D eigenvalue weighted by Crippen LogP contribution is 2.36. The number of nitrogens with two attached hydrogens (primary N) is 1. The Bertz CT molecular complexity index is 501. The standard InChI is InChI=1S/C14H20F3N3O/c1-8(2)7-19-13(21)9(3)20-12-5-4-10(18)6-11(12)14(15,16)17/h4-6,8-9,20H,7,18H2,1-3H3,(H,19,21). The van der Waals surface area contributed by atoms with Crippen LogP contribution < -0.4 is 16.4 Å². The fourth-order valence-electron chi connectivity index (χ4n) is 1.68. The van der Waals surface area contributed by atoms with Crippen molar-refractivity contribution in [3.05, 3.63) is 23.8 Å². The third-order valence-corrected chi connectivity index (χ3v) is 2.80. The SMILES string of the molecule is CC(C)CNC(=O)C(C)Nc1ccc(N)cc1C(F)(F)F. The fourth-order valence-corrected chi connectivity index (χ4v) is 1.68. The molecule has 4 N–H and O–H groups in total. The van der Waals surface area contributed by atoms with Crippen molar-refractivity contribution in [3.63, 3.8) is 0 Å². The van der Waals surface area contributed by atoms with Gasteiger partial charge in [-0.05, 0) is 31.0 Å². The van der Waals surface area contributed by atoms with Crippen LogP contribution in [-0.4, -0.2) is 18.5 Å². The van der Waals surface area contributed by atoms with Crippen LogP contribution in [0.25, 0.3) is 0 Å². The van der Waals surface area contributed by atoms with Gasteiger partial charge in [0.05, 0.1) is 5.56 Å². The van der Waals surface area contributed by atoms with Gasteiger partial charge in [0.2, 0.25) is 5.91 Å². The summed E-state index contributed by atoms with van der Waals surface area (Å²) in [6, 6.07) is 2.65. The molecule has 0 aliphatic heterocycles. The highest BCUT2D eigenvalue weighted by Gasteiger charge is 2.34. The van der Waals surface area contributed by atoms with Crippen molar-refractivity contribution in [3.8, 4) is 0 Å². The number of anilines is 2. The van der Waals surface area contributed by atoms with Gasteiger partial charge in [0.1, 0.15) is 6.04 Å². The molecule has 4 nitrogen and oxygen atoms in total. The molecule has 0 saturated heterocycles. The van der Waals surface area contributed by atoms with E-state index >= 15 is 0 Å². The molecule has 0 saturated carbocycles. The fraction of sp³-hybridized carbons (Fsp3) is 0.500. The number of carbonyl (C=O) groups excluding carboxylic acids is 1. The van der Waals surface area contributed by atoms with Crippen LogP contribution in [0.2, 0.25) is 0 Å². The summed E-state index contributed by atoms with van der Waals surface area (Å²) in [6.45, 7) is 5.84. The van der Waals surface area contributed by atoms with Crippen LogP contribution in [0.1, 0.15) is 26.3 Å². The maximum absolute atomic E-state index is 12.9. The van der Waals surface area contributed by atoms with Crippen molar-refractivity contribution in [1.29, 1.82) is 0 Å². The molecule has 1 aromatic rings. The van der Waals surface area contributed by atoms with E-state index in [1.165, 1.54) is 19.1 Å². The lowest BCUT2D eigenvalue weighted by molar-refractivity contribution is -0.137. The average Bonchev–Trinajstić information content (AvgIpc) is 2.36. The van der Waals surface area contributed by atoms with Crippen molar-refractivity contribution in [2.45, 2.75) is 33.0 Å². The van der Waals surface area contributed by atoms with Crippen LogP contribution in [0.5, 0.6) is 0 Å². The molecule has 1 rings (SSSR count). The number of halogens is 3. The Balaban J connectivity index is 2.85. The normalized spacial score (nSPS) is 13.1. The van der Waals surface area contributed by atoms with E-state index in [2.05, 4.69) is 10.6 Å². The van der Waals surface area contributed by atoms with Gasteiger partial charge in [-0.3, -0.25) is 4.79 Å². The lowest BCUT2D eigenvalue weighted by Crippen LogP contribution is -2.39. The van der Waals surface area contributed by atoms with Crippen molar-refractivity contribution in [1.82, 2.24) is 5.32 Å². The summed E-state index contributed by atoms with van der Waals surface area (Å²) in [7, 11) is 0. The number of nitrogen functional groups attached to an aromatic ring is 1. The van der Waals surface area contributed by atoms with Gasteiger partial charge in [-0.15, -0.1) is 0 Å². The highest BCUT2D eigenvalue weighted by atomic mass is 19.4. The third kappa shape index (κ3) is 5.17. The van der Waals surface area contributed by atoms with E-state index in [9.17, 15) is 18.0 Å². The number of hydrogen-bond donors (Lipinski definition) is 3. The maximum Gasteiger partial charge on any atom is 0.418 e. The summed E-state index contributed by atoms with van der Waals surface area (Å²) in [5.74, 6) is -0.0861. The lowest BCUT2D eigenvalue weighted by Gasteiger charge is -2.20. The van der Waals surface area contributed by atoms with Gasteiger partial charge in [0.15, 0.2) is 0 Å². The molecule has 0 aliphatic carbocycles. The summed E-state index contributed by atoms with van der Waals surface area (Å²) in [4.78, 5) is 11.8. The van der Waals surface area contributed by atoms with Gasteiger partial charge in [0.25, 0.3) is 0 Å². The van der Waals surface area contributed by atoms with Gasteiger partial charge >= 0.3 is 6.18 Å². The Hall–Kier alpha value is -1.92. The van der Waals surface area contributed by atoms with Gasteiger partial charge in [-0.2, -0.15) is 13.2 Å². The van der Waals surface area contributed by atoms with Crippen LogP contribution in [-0.2, 0) is 11.0 Å². The van der Waals surface area contributed by atoms with Gasteiger partial charge in [-0.25, -0.2) is 0 Å². The Kier molecular flexibility index (Phi) is 5.46. The molecule has 0 aromatic heterocycles. The van der Waals surface area contributed by atoms with E-state index in [0.717, 1.165) is 6.07 Å². The molecule has 1 amide bonds. The summed E-state index contributed by atoms with van der Waals surface area (Å²) < 4.78 is 38.8. The van der Waals surface area contributed by atoms with Crippen LogP contribution in [0.3, 0.4) is 0 Å². The van der Waals surface area contributed by atoms with Gasteiger partial charge < -0.3 is 16.4 Å². The number of alkyl halides is 3. The lowest BCUT2D eigenvalue weighted by atomic mass is 10.1. The number of hydrogen-bond acceptors (Lipinski definition) is 3.